The molecule has 6 nitrogen and oxygen atoms in total. The number of aromatic amines is 1. The predicted octanol–water partition coefficient (Wildman–Crippen LogP) is 4.27. The predicted molar refractivity (Wildman–Crippen MR) is 117 cm³/mol. The average molecular weight is 408 g/mol. The quantitative estimate of drug-likeness (QED) is 0.662. The number of hydrogen-bond donors (Lipinski definition) is 1. The summed E-state index contributed by atoms with van der Waals surface area (Å²) in [6, 6.07) is 12.2. The number of rotatable bonds is 6. The van der Waals surface area contributed by atoms with E-state index in [-0.39, 0.29) is 11.9 Å². The summed E-state index contributed by atoms with van der Waals surface area (Å²) in [5.74, 6) is 1.92. The number of carbonyl (C=O) groups excluding carboxylic acids is 1. The van der Waals surface area contributed by atoms with E-state index in [1.165, 1.54) is 10.9 Å². The third kappa shape index (κ3) is 3.47. The fraction of sp³-hybridized carbons (Fsp3) is 0.375. The number of H-pyrrole nitrogens is 1. The van der Waals surface area contributed by atoms with Gasteiger partial charge in [-0.3, -0.25) is 4.79 Å². The number of ether oxygens (including phenoxy) is 3. The number of amides is 1. The van der Waals surface area contributed by atoms with Gasteiger partial charge in [0.05, 0.1) is 27.4 Å². The van der Waals surface area contributed by atoms with Crippen LogP contribution in [-0.2, 0) is 17.6 Å². The van der Waals surface area contributed by atoms with Gasteiger partial charge in [0.2, 0.25) is 11.7 Å². The van der Waals surface area contributed by atoms with Crippen molar-refractivity contribution >= 4 is 16.8 Å². The van der Waals surface area contributed by atoms with E-state index < -0.39 is 0 Å². The summed E-state index contributed by atoms with van der Waals surface area (Å²) in [7, 11) is 4.78. The number of aryl methyl sites for hydroxylation is 1. The number of benzene rings is 2. The maximum atomic E-state index is 13.1. The fourth-order valence-corrected chi connectivity index (χ4v) is 4.44. The Kier molecular flexibility index (Phi) is 5.57. The topological polar surface area (TPSA) is 63.8 Å². The minimum Gasteiger partial charge on any atom is -0.493 e. The molecule has 6 heteroatoms. The van der Waals surface area contributed by atoms with Gasteiger partial charge >= 0.3 is 0 Å². The van der Waals surface area contributed by atoms with Crippen LogP contribution in [0, 0.1) is 0 Å². The second-order valence-corrected chi connectivity index (χ2v) is 7.61. The number of hydrogen-bond acceptors (Lipinski definition) is 4. The Bertz CT molecular complexity index is 1050. The van der Waals surface area contributed by atoms with E-state index in [1.54, 1.807) is 21.3 Å². The third-order valence-corrected chi connectivity index (χ3v) is 6.01. The zero-order valence-corrected chi connectivity index (χ0v) is 18.0. The molecule has 1 aliphatic heterocycles. The van der Waals surface area contributed by atoms with Crippen molar-refractivity contribution in [2.75, 3.05) is 27.9 Å². The summed E-state index contributed by atoms with van der Waals surface area (Å²) in [5, 5.41) is 1.27. The van der Waals surface area contributed by atoms with Gasteiger partial charge in [0, 0.05) is 29.6 Å². The zero-order chi connectivity index (χ0) is 21.3. The highest BCUT2D eigenvalue weighted by Crippen LogP contribution is 2.39. The van der Waals surface area contributed by atoms with Crippen molar-refractivity contribution in [1.82, 2.24) is 9.88 Å². The molecular weight excluding hydrogens is 380 g/mol. The standard InChI is InChI=1S/C24H28N2O4/c1-15-23-18(17-7-5-6-8-19(17)25-23)11-12-26(15)22(27)10-9-16-13-20(28-2)24(30-4)21(14-16)29-3/h5-8,13-15,25H,9-12H2,1-4H3. The molecule has 1 amide bonds. The Labute approximate surface area is 176 Å². The van der Waals surface area contributed by atoms with Gasteiger partial charge in [0.25, 0.3) is 0 Å². The maximum absolute atomic E-state index is 13.1. The Hall–Kier alpha value is -3.15. The highest BCUT2D eigenvalue weighted by Gasteiger charge is 2.30. The first-order valence-electron chi connectivity index (χ1n) is 10.2. The second kappa shape index (κ2) is 8.30. The lowest BCUT2D eigenvalue weighted by Gasteiger charge is -2.33. The molecule has 2 heterocycles. The Morgan fingerprint density at radius 3 is 2.47 bits per heavy atom. The van der Waals surface area contributed by atoms with Gasteiger partial charge in [0.1, 0.15) is 0 Å². The van der Waals surface area contributed by atoms with Gasteiger partial charge in [-0.05, 0) is 49.1 Å². The second-order valence-electron chi connectivity index (χ2n) is 7.61. The van der Waals surface area contributed by atoms with Crippen LogP contribution < -0.4 is 14.2 Å². The van der Waals surface area contributed by atoms with Crippen LogP contribution in [-0.4, -0.2) is 43.7 Å². The van der Waals surface area contributed by atoms with Crippen molar-refractivity contribution in [2.45, 2.75) is 32.2 Å². The summed E-state index contributed by atoms with van der Waals surface area (Å²) in [5.41, 5.74) is 4.62. The molecular formula is C24H28N2O4. The fourth-order valence-electron chi connectivity index (χ4n) is 4.44. The molecule has 158 valence electrons. The van der Waals surface area contributed by atoms with Crippen molar-refractivity contribution in [3.63, 3.8) is 0 Å². The number of para-hydroxylation sites is 1. The van der Waals surface area contributed by atoms with E-state index in [4.69, 9.17) is 14.2 Å². The van der Waals surface area contributed by atoms with E-state index in [0.717, 1.165) is 29.7 Å². The van der Waals surface area contributed by atoms with Crippen LogP contribution in [0.3, 0.4) is 0 Å². The molecule has 1 aliphatic rings. The molecule has 1 aromatic heterocycles. The molecule has 1 unspecified atom stereocenters. The van der Waals surface area contributed by atoms with Crippen molar-refractivity contribution < 1.29 is 19.0 Å². The number of carbonyl (C=O) groups is 1. The molecule has 3 aromatic rings. The number of nitrogens with zero attached hydrogens (tertiary/aromatic N) is 1. The van der Waals surface area contributed by atoms with Crippen LogP contribution in [0.25, 0.3) is 10.9 Å². The van der Waals surface area contributed by atoms with Crippen LogP contribution in [0.5, 0.6) is 17.2 Å². The first-order chi connectivity index (χ1) is 14.6. The van der Waals surface area contributed by atoms with Crippen LogP contribution in [0.4, 0.5) is 0 Å². The SMILES string of the molecule is COc1cc(CCC(=O)N2CCc3c([nH]c4ccccc34)C2C)cc(OC)c1OC. The van der Waals surface area contributed by atoms with Gasteiger partial charge in [-0.15, -0.1) is 0 Å². The third-order valence-electron chi connectivity index (χ3n) is 6.01. The molecule has 0 radical (unpaired) electrons. The molecule has 2 aromatic carbocycles. The zero-order valence-electron chi connectivity index (χ0n) is 18.0. The molecule has 0 spiro atoms. The van der Waals surface area contributed by atoms with Crippen molar-refractivity contribution in [3.05, 3.63) is 53.2 Å². The average Bonchev–Trinajstić information content (AvgIpc) is 3.16. The highest BCUT2D eigenvalue weighted by atomic mass is 16.5. The van der Waals surface area contributed by atoms with E-state index >= 15 is 0 Å². The van der Waals surface area contributed by atoms with Crippen molar-refractivity contribution in [3.8, 4) is 17.2 Å². The molecule has 0 bridgehead atoms. The number of nitrogens with one attached hydrogen (secondary N) is 1. The van der Waals surface area contributed by atoms with E-state index in [0.29, 0.717) is 30.1 Å². The van der Waals surface area contributed by atoms with E-state index in [9.17, 15) is 4.79 Å². The summed E-state index contributed by atoms with van der Waals surface area (Å²) < 4.78 is 16.2. The lowest BCUT2D eigenvalue weighted by molar-refractivity contribution is -0.133. The van der Waals surface area contributed by atoms with Gasteiger partial charge in [0.15, 0.2) is 11.5 Å². The van der Waals surface area contributed by atoms with Crippen LogP contribution in [0.15, 0.2) is 36.4 Å². The molecule has 1 N–H and O–H groups in total. The lowest BCUT2D eigenvalue weighted by Crippen LogP contribution is -2.38. The van der Waals surface area contributed by atoms with Crippen LogP contribution in [0.2, 0.25) is 0 Å². The molecule has 1 atom stereocenters. The molecule has 0 fully saturated rings. The largest absolute Gasteiger partial charge is 0.493 e. The minimum atomic E-state index is 0.0357. The minimum absolute atomic E-state index is 0.0357. The highest BCUT2D eigenvalue weighted by molar-refractivity contribution is 5.86. The Morgan fingerprint density at radius 2 is 1.80 bits per heavy atom. The number of methoxy groups -OCH3 is 3. The number of aromatic nitrogens is 1. The van der Waals surface area contributed by atoms with Crippen LogP contribution in [0.1, 0.15) is 36.2 Å². The van der Waals surface area contributed by atoms with Gasteiger partial charge in [-0.1, -0.05) is 18.2 Å². The first-order valence-corrected chi connectivity index (χ1v) is 10.2. The smallest absolute Gasteiger partial charge is 0.223 e. The van der Waals surface area contributed by atoms with E-state index in [1.807, 2.05) is 23.1 Å². The summed E-state index contributed by atoms with van der Waals surface area (Å²) >= 11 is 0. The van der Waals surface area contributed by atoms with Crippen molar-refractivity contribution in [1.29, 1.82) is 0 Å². The summed E-state index contributed by atoms with van der Waals surface area (Å²) in [6.07, 6.45) is 1.91. The Balaban J connectivity index is 1.50. The van der Waals surface area contributed by atoms with E-state index in [2.05, 4.69) is 30.1 Å². The van der Waals surface area contributed by atoms with Gasteiger partial charge in [-0.2, -0.15) is 0 Å². The lowest BCUT2D eigenvalue weighted by atomic mass is 9.97. The van der Waals surface area contributed by atoms with Gasteiger partial charge < -0.3 is 24.1 Å². The summed E-state index contributed by atoms with van der Waals surface area (Å²) in [4.78, 5) is 18.6. The maximum Gasteiger partial charge on any atom is 0.223 e. The Morgan fingerprint density at radius 1 is 1.10 bits per heavy atom. The molecule has 0 saturated carbocycles. The van der Waals surface area contributed by atoms with Gasteiger partial charge in [-0.25, -0.2) is 0 Å². The monoisotopic (exact) mass is 408 g/mol. The van der Waals surface area contributed by atoms with Crippen LogP contribution >= 0.6 is 0 Å². The number of fused-ring (bicyclic) bond motifs is 3. The molecule has 0 saturated heterocycles. The molecule has 4 rings (SSSR count). The first kappa shape index (κ1) is 20.1. The molecule has 30 heavy (non-hydrogen) atoms. The summed E-state index contributed by atoms with van der Waals surface area (Å²) in [6.45, 7) is 2.84. The normalized spacial score (nSPS) is 15.7. The molecule has 0 aliphatic carbocycles. The van der Waals surface area contributed by atoms with Crippen molar-refractivity contribution in [2.24, 2.45) is 0 Å².